The molecule has 7 heteroatoms. The summed E-state index contributed by atoms with van der Waals surface area (Å²) in [6, 6.07) is 17.4. The van der Waals surface area contributed by atoms with Crippen LogP contribution in [0.4, 0.5) is 0 Å². The molecule has 4 rings (SSSR count). The molecule has 0 aliphatic heterocycles. The molecule has 0 amide bonds. The van der Waals surface area contributed by atoms with Crippen LogP contribution in [0.1, 0.15) is 28.5 Å². The third kappa shape index (κ3) is 3.72. The predicted octanol–water partition coefficient (Wildman–Crippen LogP) is 4.73. The number of hydrogen-bond acceptors (Lipinski definition) is 5. The van der Waals surface area contributed by atoms with E-state index in [1.165, 1.54) is 3.97 Å². The van der Waals surface area contributed by atoms with Crippen molar-refractivity contribution in [3.63, 3.8) is 0 Å². The molecule has 0 saturated carbocycles. The molecule has 0 fully saturated rings. The van der Waals surface area contributed by atoms with Crippen LogP contribution in [0, 0.1) is 13.8 Å². The lowest BCUT2D eigenvalue weighted by molar-refractivity contribution is 0.0525. The van der Waals surface area contributed by atoms with Crippen molar-refractivity contribution in [3.05, 3.63) is 83.7 Å². The summed E-state index contributed by atoms with van der Waals surface area (Å²) in [5, 5.41) is 0.758. The maximum atomic E-state index is 13.4. The Morgan fingerprint density at radius 1 is 1.00 bits per heavy atom. The van der Waals surface area contributed by atoms with Gasteiger partial charge in [-0.25, -0.2) is 17.2 Å². The van der Waals surface area contributed by atoms with Gasteiger partial charge in [-0.05, 0) is 51.1 Å². The number of carbonyl (C=O) groups is 1. The molecule has 4 aromatic rings. The van der Waals surface area contributed by atoms with Gasteiger partial charge in [-0.3, -0.25) is 4.98 Å². The van der Waals surface area contributed by atoms with Gasteiger partial charge in [0.25, 0.3) is 10.0 Å². The number of carbonyl (C=O) groups excluding carboxylic acids is 1. The summed E-state index contributed by atoms with van der Waals surface area (Å²) in [5.41, 5.74) is 3.71. The summed E-state index contributed by atoms with van der Waals surface area (Å²) in [5.74, 6) is -0.427. The van der Waals surface area contributed by atoms with Crippen LogP contribution in [-0.2, 0) is 14.8 Å². The van der Waals surface area contributed by atoms with Crippen molar-refractivity contribution < 1.29 is 17.9 Å². The molecule has 0 atom stereocenters. The Hall–Kier alpha value is -3.45. The van der Waals surface area contributed by atoms with Gasteiger partial charge in [0.15, 0.2) is 0 Å². The fraction of sp³-hybridized carbons (Fsp3) is 0.167. The first-order valence-electron chi connectivity index (χ1n) is 9.90. The fourth-order valence-corrected chi connectivity index (χ4v) is 4.88. The third-order valence-corrected chi connectivity index (χ3v) is 6.80. The van der Waals surface area contributed by atoms with Crippen LogP contribution in [-0.4, -0.2) is 30.0 Å². The van der Waals surface area contributed by atoms with Crippen molar-refractivity contribution >= 4 is 26.9 Å². The van der Waals surface area contributed by atoms with Gasteiger partial charge < -0.3 is 4.74 Å². The zero-order valence-electron chi connectivity index (χ0n) is 17.5. The van der Waals surface area contributed by atoms with Gasteiger partial charge in [0.1, 0.15) is 0 Å². The average molecular weight is 435 g/mol. The van der Waals surface area contributed by atoms with E-state index in [1.54, 1.807) is 68.6 Å². The molecule has 0 N–H and O–H groups in total. The first-order chi connectivity index (χ1) is 14.8. The van der Waals surface area contributed by atoms with Crippen LogP contribution in [0.2, 0.25) is 0 Å². The first kappa shape index (κ1) is 20.8. The van der Waals surface area contributed by atoms with E-state index in [9.17, 15) is 13.2 Å². The Morgan fingerprint density at radius 2 is 1.71 bits per heavy atom. The van der Waals surface area contributed by atoms with E-state index >= 15 is 0 Å². The Balaban J connectivity index is 1.87. The Kier molecular flexibility index (Phi) is 5.37. The number of ether oxygens (including phenoxy) is 1. The van der Waals surface area contributed by atoms with E-state index < -0.39 is 16.0 Å². The predicted molar refractivity (Wildman–Crippen MR) is 120 cm³/mol. The first-order valence-corrected chi connectivity index (χ1v) is 11.3. The normalized spacial score (nSPS) is 11.6. The van der Waals surface area contributed by atoms with Crippen LogP contribution in [0.15, 0.2) is 71.8 Å². The minimum absolute atomic E-state index is 0.215. The lowest BCUT2D eigenvalue weighted by Gasteiger charge is -2.08. The molecule has 0 radical (unpaired) electrons. The van der Waals surface area contributed by atoms with Crippen LogP contribution in [0.5, 0.6) is 0 Å². The molecule has 0 saturated heterocycles. The highest BCUT2D eigenvalue weighted by Crippen LogP contribution is 2.32. The van der Waals surface area contributed by atoms with Crippen molar-refractivity contribution in [1.82, 2.24) is 8.96 Å². The van der Waals surface area contributed by atoms with Gasteiger partial charge in [-0.2, -0.15) is 0 Å². The number of pyridine rings is 1. The minimum atomic E-state index is -3.79. The topological polar surface area (TPSA) is 78.3 Å². The molecular weight excluding hydrogens is 412 g/mol. The lowest BCUT2D eigenvalue weighted by Crippen LogP contribution is -2.11. The molecule has 158 valence electrons. The third-order valence-electron chi connectivity index (χ3n) is 5.11. The summed E-state index contributed by atoms with van der Waals surface area (Å²) in [6.45, 7) is 5.67. The molecule has 0 spiro atoms. The van der Waals surface area contributed by atoms with Gasteiger partial charge in [0.2, 0.25) is 0 Å². The van der Waals surface area contributed by atoms with Crippen molar-refractivity contribution in [2.24, 2.45) is 0 Å². The number of aryl methyl sites for hydroxylation is 2. The van der Waals surface area contributed by atoms with Crippen molar-refractivity contribution in [1.29, 1.82) is 0 Å². The van der Waals surface area contributed by atoms with Gasteiger partial charge in [-0.15, -0.1) is 0 Å². The Bertz CT molecular complexity index is 1390. The van der Waals surface area contributed by atoms with Crippen LogP contribution in [0.25, 0.3) is 22.2 Å². The monoisotopic (exact) mass is 434 g/mol. The number of para-hydroxylation sites is 1. The highest BCUT2D eigenvalue weighted by molar-refractivity contribution is 7.90. The van der Waals surface area contributed by atoms with E-state index in [-0.39, 0.29) is 11.5 Å². The smallest absolute Gasteiger partial charge is 0.339 e. The maximum absolute atomic E-state index is 13.4. The molecule has 0 aliphatic rings. The number of aromatic nitrogens is 2. The van der Waals surface area contributed by atoms with Gasteiger partial charge in [-0.1, -0.05) is 35.9 Å². The average Bonchev–Trinajstić information content (AvgIpc) is 3.15. The standard InChI is InChI=1S/C24H22N2O4S/c1-4-30-24(27)19-13-14-22(25-17(19)3)21-15-26(23-8-6-5-7-20(21)23)31(28,29)18-11-9-16(2)10-12-18/h5-15H,4H2,1-3H3. The molecule has 0 bridgehead atoms. The fourth-order valence-electron chi connectivity index (χ4n) is 3.51. The van der Waals surface area contributed by atoms with Crippen LogP contribution in [0.3, 0.4) is 0 Å². The summed E-state index contributed by atoms with van der Waals surface area (Å²) in [4.78, 5) is 16.9. The Morgan fingerprint density at radius 3 is 2.39 bits per heavy atom. The number of esters is 1. The highest BCUT2D eigenvalue weighted by Gasteiger charge is 2.22. The molecular formula is C24H22N2O4S. The minimum Gasteiger partial charge on any atom is -0.462 e. The van der Waals surface area contributed by atoms with Gasteiger partial charge in [0.05, 0.1) is 34.0 Å². The Labute approximate surface area is 181 Å². The van der Waals surface area contributed by atoms with Crippen molar-refractivity contribution in [2.45, 2.75) is 25.7 Å². The second-order valence-corrected chi connectivity index (χ2v) is 9.04. The van der Waals surface area contributed by atoms with Crippen molar-refractivity contribution in [2.75, 3.05) is 6.61 Å². The summed E-state index contributed by atoms with van der Waals surface area (Å²) in [7, 11) is -3.79. The lowest BCUT2D eigenvalue weighted by atomic mass is 10.1. The summed E-state index contributed by atoms with van der Waals surface area (Å²) < 4.78 is 33.1. The van der Waals surface area contributed by atoms with E-state index in [0.717, 1.165) is 10.9 Å². The number of hydrogen-bond donors (Lipinski definition) is 0. The second kappa shape index (κ2) is 8.00. The summed E-state index contributed by atoms with van der Waals surface area (Å²) >= 11 is 0. The summed E-state index contributed by atoms with van der Waals surface area (Å²) in [6.07, 6.45) is 1.59. The largest absolute Gasteiger partial charge is 0.462 e. The van der Waals surface area contributed by atoms with E-state index in [1.807, 2.05) is 19.1 Å². The number of nitrogens with zero attached hydrogens (tertiary/aromatic N) is 2. The van der Waals surface area contributed by atoms with Gasteiger partial charge in [0, 0.05) is 17.1 Å². The quantitative estimate of drug-likeness (QED) is 0.424. The molecule has 2 aromatic heterocycles. The van der Waals surface area contributed by atoms with E-state index in [4.69, 9.17) is 4.74 Å². The molecule has 2 heterocycles. The van der Waals surface area contributed by atoms with Crippen molar-refractivity contribution in [3.8, 4) is 11.3 Å². The van der Waals surface area contributed by atoms with Gasteiger partial charge >= 0.3 is 5.97 Å². The number of fused-ring (bicyclic) bond motifs is 1. The second-order valence-electron chi connectivity index (χ2n) is 7.22. The molecule has 0 aliphatic carbocycles. The zero-order valence-corrected chi connectivity index (χ0v) is 18.3. The van der Waals surface area contributed by atoms with E-state index in [0.29, 0.717) is 28.0 Å². The highest BCUT2D eigenvalue weighted by atomic mass is 32.2. The number of benzene rings is 2. The number of rotatable bonds is 5. The van der Waals surface area contributed by atoms with Crippen LogP contribution >= 0.6 is 0 Å². The van der Waals surface area contributed by atoms with E-state index in [2.05, 4.69) is 4.98 Å². The molecule has 6 nitrogen and oxygen atoms in total. The SMILES string of the molecule is CCOC(=O)c1ccc(-c2cn(S(=O)(=O)c3ccc(C)cc3)c3ccccc23)nc1C. The van der Waals surface area contributed by atoms with Crippen LogP contribution < -0.4 is 0 Å². The molecule has 2 aromatic carbocycles. The molecule has 31 heavy (non-hydrogen) atoms. The zero-order chi connectivity index (χ0) is 22.2. The maximum Gasteiger partial charge on any atom is 0.339 e. The molecule has 0 unspecified atom stereocenters.